The number of rotatable bonds is 8. The Morgan fingerprint density at radius 3 is 2.48 bits per heavy atom. The Bertz CT molecular complexity index is 913. The van der Waals surface area contributed by atoms with Crippen LogP contribution in [0.2, 0.25) is 0 Å². The molecule has 2 atom stereocenters. The van der Waals surface area contributed by atoms with E-state index in [1.807, 2.05) is 18.2 Å². The Labute approximate surface area is 170 Å². The van der Waals surface area contributed by atoms with Crippen molar-refractivity contribution in [2.45, 2.75) is 23.9 Å². The number of carbonyl (C=O) groups is 1. The molecular formula is C20H25N3O5S. The number of hydrogen-bond acceptors (Lipinski definition) is 6. The smallest absolute Gasteiger partial charge is 0.262 e. The minimum absolute atomic E-state index is 0.00376. The Kier molecular flexibility index (Phi) is 6.86. The fourth-order valence-electron chi connectivity index (χ4n) is 3.57. The van der Waals surface area contributed by atoms with E-state index in [-0.39, 0.29) is 17.4 Å². The van der Waals surface area contributed by atoms with Crippen LogP contribution in [0.15, 0.2) is 59.5 Å². The Morgan fingerprint density at radius 2 is 1.93 bits per heavy atom. The lowest BCUT2D eigenvalue weighted by atomic mass is 9.98. The molecule has 8 nitrogen and oxygen atoms in total. The maximum absolute atomic E-state index is 13.6. The molecule has 3 N–H and O–H groups in total. The lowest BCUT2D eigenvalue weighted by Crippen LogP contribution is -2.52. The van der Waals surface area contributed by atoms with Crippen LogP contribution in [-0.2, 0) is 21.4 Å². The first kappa shape index (κ1) is 21.3. The number of carbonyl (C=O) groups excluding carboxylic acids is 1. The van der Waals surface area contributed by atoms with Gasteiger partial charge in [0.15, 0.2) is 0 Å². The first-order chi connectivity index (χ1) is 14.0. The Balaban J connectivity index is 2.05. The average Bonchev–Trinajstić information content (AvgIpc) is 3.28. The predicted octanol–water partition coefficient (Wildman–Crippen LogP) is 1.37. The van der Waals surface area contributed by atoms with Gasteiger partial charge in [-0.25, -0.2) is 13.9 Å². The zero-order chi connectivity index (χ0) is 20.9. The summed E-state index contributed by atoms with van der Waals surface area (Å²) in [5, 5.41) is 12.5. The van der Waals surface area contributed by atoms with Gasteiger partial charge in [-0.2, -0.15) is 4.31 Å². The highest BCUT2D eigenvalue weighted by molar-refractivity contribution is 7.89. The maximum Gasteiger partial charge on any atom is 0.262 e. The molecule has 2 aromatic carbocycles. The minimum Gasteiger partial charge on any atom is -0.497 e. The minimum atomic E-state index is -4.04. The quantitative estimate of drug-likeness (QED) is 0.441. The van der Waals surface area contributed by atoms with Crippen molar-refractivity contribution in [2.75, 3.05) is 20.2 Å². The Morgan fingerprint density at radius 1 is 1.24 bits per heavy atom. The number of hydroxylamine groups is 1. The zero-order valence-corrected chi connectivity index (χ0v) is 16.9. The van der Waals surface area contributed by atoms with Gasteiger partial charge in [0.05, 0.1) is 12.0 Å². The van der Waals surface area contributed by atoms with Crippen LogP contribution in [0.25, 0.3) is 0 Å². The van der Waals surface area contributed by atoms with Crippen molar-refractivity contribution in [3.63, 3.8) is 0 Å². The molecule has 2 aromatic rings. The summed E-state index contributed by atoms with van der Waals surface area (Å²) in [6, 6.07) is 14.0. The van der Waals surface area contributed by atoms with E-state index in [1.165, 1.54) is 23.5 Å². The largest absolute Gasteiger partial charge is 0.497 e. The monoisotopic (exact) mass is 419 g/mol. The van der Waals surface area contributed by atoms with E-state index in [1.54, 1.807) is 29.7 Å². The third-order valence-electron chi connectivity index (χ3n) is 5.08. The molecule has 0 aliphatic carbocycles. The van der Waals surface area contributed by atoms with Gasteiger partial charge in [0.2, 0.25) is 10.0 Å². The standard InChI is InChI=1S/C20H25N3O5S/c1-28-17-7-9-18(10-8-17)29(26,27)23(14-15-5-3-2-4-6-15)19(20(24)22-25)16-11-12-21-13-16/h2-10,16,19,21,25H,11-14H2,1H3,(H,22,24)/t16?,19-/m1/s1. The van der Waals surface area contributed by atoms with E-state index >= 15 is 0 Å². The summed E-state index contributed by atoms with van der Waals surface area (Å²) in [6.07, 6.45) is 0.626. The number of ether oxygens (including phenoxy) is 1. The van der Waals surface area contributed by atoms with Gasteiger partial charge in [0.1, 0.15) is 11.8 Å². The van der Waals surface area contributed by atoms with Crippen LogP contribution < -0.4 is 15.5 Å². The van der Waals surface area contributed by atoms with Gasteiger partial charge in [-0.1, -0.05) is 30.3 Å². The second kappa shape index (κ2) is 9.36. The average molecular weight is 420 g/mol. The fourth-order valence-corrected chi connectivity index (χ4v) is 5.21. The number of nitrogens with zero attached hydrogens (tertiary/aromatic N) is 1. The van der Waals surface area contributed by atoms with Crippen LogP contribution in [0.3, 0.4) is 0 Å². The van der Waals surface area contributed by atoms with Gasteiger partial charge in [-0.05, 0) is 48.7 Å². The van der Waals surface area contributed by atoms with Gasteiger partial charge in [-0.15, -0.1) is 0 Å². The third kappa shape index (κ3) is 4.76. The van der Waals surface area contributed by atoms with Crippen LogP contribution in [0.1, 0.15) is 12.0 Å². The molecule has 1 amide bonds. The molecule has 156 valence electrons. The molecule has 1 fully saturated rings. The third-order valence-corrected chi connectivity index (χ3v) is 6.92. The van der Waals surface area contributed by atoms with E-state index in [0.717, 1.165) is 5.56 Å². The van der Waals surface area contributed by atoms with Gasteiger partial charge in [-0.3, -0.25) is 10.0 Å². The molecule has 1 aliphatic rings. The molecule has 3 rings (SSSR count). The molecule has 0 radical (unpaired) electrons. The van der Waals surface area contributed by atoms with E-state index in [0.29, 0.717) is 25.3 Å². The topological polar surface area (TPSA) is 108 Å². The van der Waals surface area contributed by atoms with Gasteiger partial charge >= 0.3 is 0 Å². The van der Waals surface area contributed by atoms with Crippen molar-refractivity contribution in [3.8, 4) is 5.75 Å². The van der Waals surface area contributed by atoms with Crippen LogP contribution in [0.4, 0.5) is 0 Å². The molecule has 1 saturated heterocycles. The number of methoxy groups -OCH3 is 1. The van der Waals surface area contributed by atoms with E-state index in [9.17, 15) is 18.4 Å². The number of nitrogens with one attached hydrogen (secondary N) is 2. The number of amides is 1. The summed E-state index contributed by atoms with van der Waals surface area (Å²) in [5.74, 6) is -0.478. The number of hydrogen-bond donors (Lipinski definition) is 3. The SMILES string of the molecule is COc1ccc(S(=O)(=O)N(Cc2ccccc2)[C@@H](C(=O)NO)C2CCNC2)cc1. The van der Waals surface area contributed by atoms with Crippen LogP contribution >= 0.6 is 0 Å². The first-order valence-electron chi connectivity index (χ1n) is 9.32. The fraction of sp³-hybridized carbons (Fsp3) is 0.350. The lowest BCUT2D eigenvalue weighted by molar-refractivity contribution is -0.134. The summed E-state index contributed by atoms with van der Waals surface area (Å²) < 4.78 is 33.4. The van der Waals surface area contributed by atoms with E-state index < -0.39 is 22.0 Å². The van der Waals surface area contributed by atoms with Crippen molar-refractivity contribution in [3.05, 3.63) is 60.2 Å². The highest BCUT2D eigenvalue weighted by Crippen LogP contribution is 2.28. The first-order valence-corrected chi connectivity index (χ1v) is 10.8. The molecule has 0 spiro atoms. The van der Waals surface area contributed by atoms with Crippen molar-refractivity contribution in [1.82, 2.24) is 15.1 Å². The maximum atomic E-state index is 13.6. The second-order valence-corrected chi connectivity index (χ2v) is 8.78. The van der Waals surface area contributed by atoms with Crippen LogP contribution in [0, 0.1) is 5.92 Å². The molecule has 0 bridgehead atoms. The second-order valence-electron chi connectivity index (χ2n) is 6.89. The molecule has 9 heteroatoms. The van der Waals surface area contributed by atoms with Crippen molar-refractivity contribution < 1.29 is 23.2 Å². The van der Waals surface area contributed by atoms with Gasteiger partial charge in [0, 0.05) is 13.1 Å². The summed E-state index contributed by atoms with van der Waals surface area (Å²) in [4.78, 5) is 12.6. The molecule has 1 unspecified atom stereocenters. The molecular weight excluding hydrogens is 394 g/mol. The molecule has 0 aromatic heterocycles. The highest BCUT2D eigenvalue weighted by atomic mass is 32.2. The normalized spacial score (nSPS) is 17.8. The Hall–Kier alpha value is -2.46. The molecule has 1 aliphatic heterocycles. The van der Waals surface area contributed by atoms with Crippen molar-refractivity contribution in [2.24, 2.45) is 5.92 Å². The number of benzene rings is 2. The van der Waals surface area contributed by atoms with Gasteiger partial charge < -0.3 is 10.1 Å². The number of sulfonamides is 1. The zero-order valence-electron chi connectivity index (χ0n) is 16.1. The summed E-state index contributed by atoms with van der Waals surface area (Å²) in [6.45, 7) is 1.17. The van der Waals surface area contributed by atoms with Crippen molar-refractivity contribution >= 4 is 15.9 Å². The lowest BCUT2D eigenvalue weighted by Gasteiger charge is -2.33. The molecule has 29 heavy (non-hydrogen) atoms. The van der Waals surface area contributed by atoms with Crippen LogP contribution in [-0.4, -0.2) is 50.1 Å². The summed E-state index contributed by atoms with van der Waals surface area (Å²) >= 11 is 0. The summed E-state index contributed by atoms with van der Waals surface area (Å²) in [5.41, 5.74) is 2.40. The molecule has 0 saturated carbocycles. The summed E-state index contributed by atoms with van der Waals surface area (Å²) in [7, 11) is -2.54. The predicted molar refractivity (Wildman–Crippen MR) is 107 cm³/mol. The van der Waals surface area contributed by atoms with Crippen LogP contribution in [0.5, 0.6) is 5.75 Å². The van der Waals surface area contributed by atoms with E-state index in [2.05, 4.69) is 5.32 Å². The molecule has 1 heterocycles. The van der Waals surface area contributed by atoms with Gasteiger partial charge in [0.25, 0.3) is 5.91 Å². The van der Waals surface area contributed by atoms with E-state index in [4.69, 9.17) is 4.74 Å². The van der Waals surface area contributed by atoms with Crippen molar-refractivity contribution in [1.29, 1.82) is 0 Å². The highest BCUT2D eigenvalue weighted by Gasteiger charge is 2.41.